The van der Waals surface area contributed by atoms with Gasteiger partial charge in [-0.15, -0.1) is 5.10 Å². The normalized spacial score (nSPS) is 12.0. The number of nitrogens with zero attached hydrogens (tertiary/aromatic N) is 3. The Morgan fingerprint density at radius 2 is 2.00 bits per heavy atom. The third-order valence-electron chi connectivity index (χ3n) is 3.97. The Kier molecular flexibility index (Phi) is 5.18. The molecule has 1 atom stereocenters. The number of carbonyl (C=O) groups excluding carboxylic acids is 1. The molecule has 26 heavy (non-hydrogen) atoms. The molecule has 2 aromatic carbocycles. The average Bonchev–Trinajstić information content (AvgIpc) is 2.64. The van der Waals surface area contributed by atoms with Crippen LogP contribution in [0.3, 0.4) is 0 Å². The quantitative estimate of drug-likeness (QED) is 0.742. The molecule has 0 aliphatic rings. The Hall–Kier alpha value is -2.93. The summed E-state index contributed by atoms with van der Waals surface area (Å²) in [6.07, 6.45) is 0. The number of ether oxygens (including phenoxy) is 1. The van der Waals surface area contributed by atoms with Crippen LogP contribution in [0, 0.1) is 0 Å². The van der Waals surface area contributed by atoms with E-state index in [1.807, 2.05) is 31.2 Å². The molecule has 1 aromatic heterocycles. The molecule has 8 heteroatoms. The maximum atomic E-state index is 12.5. The molecule has 3 rings (SSSR count). The van der Waals surface area contributed by atoms with Gasteiger partial charge in [0.1, 0.15) is 17.8 Å². The van der Waals surface area contributed by atoms with Crippen molar-refractivity contribution in [3.8, 4) is 5.75 Å². The van der Waals surface area contributed by atoms with Crippen LogP contribution in [-0.4, -0.2) is 28.0 Å². The van der Waals surface area contributed by atoms with Gasteiger partial charge in [-0.1, -0.05) is 28.9 Å². The van der Waals surface area contributed by atoms with Crippen molar-refractivity contribution < 1.29 is 9.53 Å². The van der Waals surface area contributed by atoms with Gasteiger partial charge in [-0.05, 0) is 42.8 Å². The maximum Gasteiger partial charge on any atom is 0.278 e. The van der Waals surface area contributed by atoms with Gasteiger partial charge < -0.3 is 10.1 Å². The number of rotatable bonds is 5. The van der Waals surface area contributed by atoms with Crippen LogP contribution in [-0.2, 0) is 11.3 Å². The second-order valence-corrected chi connectivity index (χ2v) is 6.21. The second kappa shape index (κ2) is 7.53. The predicted octanol–water partition coefficient (Wildman–Crippen LogP) is 2.33. The number of hydrogen-bond acceptors (Lipinski definition) is 5. The molecule has 0 aliphatic carbocycles. The van der Waals surface area contributed by atoms with Crippen molar-refractivity contribution in [2.45, 2.75) is 19.5 Å². The van der Waals surface area contributed by atoms with E-state index in [-0.39, 0.29) is 18.5 Å². The first kappa shape index (κ1) is 17.9. The molecule has 0 radical (unpaired) electrons. The van der Waals surface area contributed by atoms with Gasteiger partial charge in [0, 0.05) is 5.02 Å². The number of methoxy groups -OCH3 is 1. The average molecular weight is 373 g/mol. The smallest absolute Gasteiger partial charge is 0.278 e. The van der Waals surface area contributed by atoms with Crippen LogP contribution in [0.15, 0.2) is 47.3 Å². The molecular formula is C18H17ClN4O3. The van der Waals surface area contributed by atoms with Crippen molar-refractivity contribution in [2.75, 3.05) is 7.11 Å². The lowest BCUT2D eigenvalue weighted by atomic mass is 10.1. The summed E-state index contributed by atoms with van der Waals surface area (Å²) in [6, 6.07) is 11.9. The van der Waals surface area contributed by atoms with Crippen LogP contribution < -0.4 is 15.6 Å². The molecule has 0 aliphatic heterocycles. The maximum absolute atomic E-state index is 12.5. The molecule has 1 amide bonds. The Labute approximate surface area is 154 Å². The Balaban J connectivity index is 1.74. The first-order chi connectivity index (χ1) is 12.5. The number of carbonyl (C=O) groups is 1. The third kappa shape index (κ3) is 3.83. The lowest BCUT2D eigenvalue weighted by Gasteiger charge is -2.15. The highest BCUT2D eigenvalue weighted by Crippen LogP contribution is 2.17. The van der Waals surface area contributed by atoms with Crippen molar-refractivity contribution in [3.63, 3.8) is 0 Å². The van der Waals surface area contributed by atoms with Crippen LogP contribution in [0.2, 0.25) is 5.02 Å². The summed E-state index contributed by atoms with van der Waals surface area (Å²) >= 11 is 5.92. The van der Waals surface area contributed by atoms with Crippen LogP contribution in [0.1, 0.15) is 18.5 Å². The predicted molar refractivity (Wildman–Crippen MR) is 98.4 cm³/mol. The van der Waals surface area contributed by atoms with E-state index in [1.54, 1.807) is 19.2 Å². The van der Waals surface area contributed by atoms with E-state index >= 15 is 0 Å². The zero-order valence-corrected chi connectivity index (χ0v) is 15.0. The van der Waals surface area contributed by atoms with Gasteiger partial charge in [-0.3, -0.25) is 9.59 Å². The number of aromatic nitrogens is 3. The van der Waals surface area contributed by atoms with Gasteiger partial charge >= 0.3 is 0 Å². The monoisotopic (exact) mass is 372 g/mol. The highest BCUT2D eigenvalue weighted by molar-refractivity contribution is 6.31. The van der Waals surface area contributed by atoms with E-state index in [2.05, 4.69) is 15.6 Å². The van der Waals surface area contributed by atoms with Gasteiger partial charge in [0.25, 0.3) is 5.56 Å². The SMILES string of the molecule is COc1ccc(C(C)NC(=O)Cn2nnc3ccc(Cl)cc3c2=O)cc1. The summed E-state index contributed by atoms with van der Waals surface area (Å²) in [7, 11) is 1.59. The molecule has 0 spiro atoms. The van der Waals surface area contributed by atoms with Crippen LogP contribution >= 0.6 is 11.6 Å². The summed E-state index contributed by atoms with van der Waals surface area (Å²) < 4.78 is 6.14. The third-order valence-corrected chi connectivity index (χ3v) is 4.21. The van der Waals surface area contributed by atoms with Gasteiger partial charge in [0.05, 0.1) is 18.5 Å². The van der Waals surface area contributed by atoms with Crippen LogP contribution in [0.4, 0.5) is 0 Å². The van der Waals surface area contributed by atoms with Crippen molar-refractivity contribution >= 4 is 28.4 Å². The second-order valence-electron chi connectivity index (χ2n) is 5.78. The number of halogens is 1. The minimum atomic E-state index is -0.412. The molecule has 0 fully saturated rings. The van der Waals surface area contributed by atoms with E-state index in [9.17, 15) is 9.59 Å². The van der Waals surface area contributed by atoms with E-state index in [0.717, 1.165) is 16.0 Å². The molecular weight excluding hydrogens is 356 g/mol. The minimum absolute atomic E-state index is 0.227. The Bertz CT molecular complexity index is 1000. The van der Waals surface area contributed by atoms with Crippen LogP contribution in [0.25, 0.3) is 10.9 Å². The van der Waals surface area contributed by atoms with E-state index in [1.165, 1.54) is 6.07 Å². The first-order valence-corrected chi connectivity index (χ1v) is 8.32. The minimum Gasteiger partial charge on any atom is -0.497 e. The topological polar surface area (TPSA) is 86.1 Å². The molecule has 0 saturated carbocycles. The van der Waals surface area contributed by atoms with Gasteiger partial charge in [-0.2, -0.15) is 0 Å². The molecule has 0 saturated heterocycles. The molecule has 7 nitrogen and oxygen atoms in total. The van der Waals surface area contributed by atoms with Gasteiger partial charge in [0.2, 0.25) is 5.91 Å². The summed E-state index contributed by atoms with van der Waals surface area (Å²) in [5.41, 5.74) is 0.940. The first-order valence-electron chi connectivity index (χ1n) is 7.94. The number of hydrogen-bond donors (Lipinski definition) is 1. The molecule has 0 bridgehead atoms. The zero-order valence-electron chi connectivity index (χ0n) is 14.3. The number of benzene rings is 2. The Morgan fingerprint density at radius 3 is 2.69 bits per heavy atom. The fourth-order valence-electron chi connectivity index (χ4n) is 2.55. The van der Waals surface area contributed by atoms with Crippen molar-refractivity contribution in [3.05, 3.63) is 63.4 Å². The van der Waals surface area contributed by atoms with Crippen molar-refractivity contribution in [1.29, 1.82) is 0 Å². The molecule has 1 unspecified atom stereocenters. The highest BCUT2D eigenvalue weighted by Gasteiger charge is 2.13. The molecule has 1 N–H and O–H groups in total. The van der Waals surface area contributed by atoms with Gasteiger partial charge in [-0.25, -0.2) is 4.68 Å². The number of fused-ring (bicyclic) bond motifs is 1. The fraction of sp³-hybridized carbons (Fsp3) is 0.222. The summed E-state index contributed by atoms with van der Waals surface area (Å²) in [6.45, 7) is 1.63. The van der Waals surface area contributed by atoms with E-state index in [4.69, 9.17) is 16.3 Å². The molecule has 1 heterocycles. The largest absolute Gasteiger partial charge is 0.497 e. The molecule has 134 valence electrons. The highest BCUT2D eigenvalue weighted by atomic mass is 35.5. The standard InChI is InChI=1S/C18H17ClN4O3/c1-11(12-3-6-14(26-2)7-4-12)20-17(24)10-23-18(25)15-9-13(19)5-8-16(15)21-22-23/h3-9,11H,10H2,1-2H3,(H,20,24). The van der Waals surface area contributed by atoms with Crippen molar-refractivity contribution in [1.82, 2.24) is 20.3 Å². The van der Waals surface area contributed by atoms with E-state index in [0.29, 0.717) is 15.9 Å². The molecule has 3 aromatic rings. The van der Waals surface area contributed by atoms with Crippen molar-refractivity contribution in [2.24, 2.45) is 0 Å². The zero-order chi connectivity index (χ0) is 18.7. The van der Waals surface area contributed by atoms with E-state index < -0.39 is 5.56 Å². The summed E-state index contributed by atoms with van der Waals surface area (Å²) in [5.74, 6) is 0.398. The Morgan fingerprint density at radius 1 is 1.27 bits per heavy atom. The van der Waals surface area contributed by atoms with Gasteiger partial charge in [0.15, 0.2) is 0 Å². The summed E-state index contributed by atoms with van der Waals surface area (Å²) in [4.78, 5) is 24.7. The fourth-order valence-corrected chi connectivity index (χ4v) is 2.72. The number of amides is 1. The summed E-state index contributed by atoms with van der Waals surface area (Å²) in [5, 5.41) is 11.3. The number of nitrogens with one attached hydrogen (secondary N) is 1. The van der Waals surface area contributed by atoms with Crippen LogP contribution in [0.5, 0.6) is 5.75 Å². The lowest BCUT2D eigenvalue weighted by Crippen LogP contribution is -2.35. The lowest BCUT2D eigenvalue weighted by molar-refractivity contribution is -0.122.